The van der Waals surface area contributed by atoms with E-state index < -0.39 is 24.0 Å². The van der Waals surface area contributed by atoms with Gasteiger partial charge in [0.1, 0.15) is 24.7 Å². The Hall–Kier alpha value is -3.82. The van der Waals surface area contributed by atoms with Gasteiger partial charge in [0.25, 0.3) is 0 Å². The third kappa shape index (κ3) is 5.71. The first-order valence-corrected chi connectivity index (χ1v) is 10.6. The molecule has 0 saturated heterocycles. The molecule has 2 amide bonds. The molecule has 2 heterocycles. The molecule has 10 heteroatoms. The van der Waals surface area contributed by atoms with Crippen molar-refractivity contribution in [1.82, 2.24) is 15.8 Å². The third-order valence-corrected chi connectivity index (χ3v) is 5.15. The molecule has 0 fully saturated rings. The second-order valence-corrected chi connectivity index (χ2v) is 7.36. The van der Waals surface area contributed by atoms with Gasteiger partial charge in [0.2, 0.25) is 0 Å². The van der Waals surface area contributed by atoms with Gasteiger partial charge in [-0.25, -0.2) is 14.4 Å². The number of rotatable bonds is 9. The number of hydrogen-bond acceptors (Lipinski definition) is 8. The van der Waals surface area contributed by atoms with Gasteiger partial charge >= 0.3 is 18.0 Å². The lowest BCUT2D eigenvalue weighted by Crippen LogP contribution is -2.51. The van der Waals surface area contributed by atoms with Crippen molar-refractivity contribution < 1.29 is 33.1 Å². The van der Waals surface area contributed by atoms with Crippen LogP contribution in [0.4, 0.5) is 4.79 Å². The Labute approximate surface area is 191 Å². The van der Waals surface area contributed by atoms with Crippen LogP contribution in [-0.4, -0.2) is 42.4 Å². The number of aromatic nitrogens is 1. The van der Waals surface area contributed by atoms with E-state index in [1.807, 2.05) is 20.8 Å². The van der Waals surface area contributed by atoms with E-state index in [-0.39, 0.29) is 24.5 Å². The van der Waals surface area contributed by atoms with Gasteiger partial charge in [-0.3, -0.25) is 0 Å². The number of carbonyl (C=O) groups is 3. The summed E-state index contributed by atoms with van der Waals surface area (Å²) in [5.74, 6) is 0.0845. The van der Waals surface area contributed by atoms with E-state index in [0.717, 1.165) is 11.3 Å². The van der Waals surface area contributed by atoms with Crippen LogP contribution in [0.5, 0.6) is 5.75 Å². The number of ether oxygens (including phenoxy) is 3. The second kappa shape index (κ2) is 10.7. The average molecular weight is 457 g/mol. The molecule has 3 rings (SSSR count). The van der Waals surface area contributed by atoms with Crippen LogP contribution >= 0.6 is 0 Å². The molecule has 1 aromatic heterocycles. The molecule has 1 atom stereocenters. The summed E-state index contributed by atoms with van der Waals surface area (Å²) < 4.78 is 21.3. The van der Waals surface area contributed by atoms with Crippen LogP contribution in [0.25, 0.3) is 0 Å². The third-order valence-electron chi connectivity index (χ3n) is 5.15. The van der Waals surface area contributed by atoms with Crippen molar-refractivity contribution in [2.24, 2.45) is 0 Å². The molecule has 2 N–H and O–H groups in total. The molecule has 0 spiro atoms. The number of nitrogens with zero attached hydrogens (tertiary/aromatic N) is 1. The van der Waals surface area contributed by atoms with Gasteiger partial charge in [0, 0.05) is 0 Å². The molecule has 33 heavy (non-hydrogen) atoms. The van der Waals surface area contributed by atoms with Crippen LogP contribution in [0.2, 0.25) is 0 Å². The number of carbonyl (C=O) groups excluding carboxylic acids is 3. The van der Waals surface area contributed by atoms with Crippen molar-refractivity contribution in [2.45, 2.75) is 46.8 Å². The van der Waals surface area contributed by atoms with Crippen molar-refractivity contribution >= 4 is 18.0 Å². The van der Waals surface area contributed by atoms with Crippen molar-refractivity contribution in [3.05, 3.63) is 58.1 Å². The lowest BCUT2D eigenvalue weighted by molar-refractivity contribution is -0.139. The molecule has 2 aromatic rings. The standard InChI is InChI=1S/C23H27N3O7/c1-5-18-20(22(28)30-6-2)19(25-23(29)24-18)12-32-21(27)15-7-9-16(10-8-15)31-11-17-13(3)26-33-14(17)4/h7-10,18H,5-6,11-12H2,1-4H3,(H2,24,25,29). The molecule has 1 aromatic carbocycles. The molecule has 176 valence electrons. The highest BCUT2D eigenvalue weighted by Gasteiger charge is 2.32. The highest BCUT2D eigenvalue weighted by atomic mass is 16.5. The van der Waals surface area contributed by atoms with Gasteiger partial charge in [0.05, 0.1) is 40.7 Å². The Kier molecular flexibility index (Phi) is 7.70. The molecule has 1 aliphatic heterocycles. The molecule has 0 saturated carbocycles. The normalized spacial score (nSPS) is 15.5. The van der Waals surface area contributed by atoms with Gasteiger partial charge in [-0.05, 0) is 51.5 Å². The Morgan fingerprint density at radius 3 is 2.39 bits per heavy atom. The van der Waals surface area contributed by atoms with Crippen LogP contribution in [-0.2, 0) is 20.9 Å². The first-order chi connectivity index (χ1) is 15.8. The maximum atomic E-state index is 12.5. The summed E-state index contributed by atoms with van der Waals surface area (Å²) >= 11 is 0. The SMILES string of the molecule is CCOC(=O)C1=C(COC(=O)c2ccc(OCc3c(C)noc3C)cc2)NC(=O)NC1CC. The van der Waals surface area contributed by atoms with Crippen LogP contribution in [0.15, 0.2) is 40.1 Å². The predicted octanol–water partition coefficient (Wildman–Crippen LogP) is 2.94. The molecular formula is C23H27N3O7. The number of urea groups is 1. The largest absolute Gasteiger partial charge is 0.489 e. The minimum Gasteiger partial charge on any atom is -0.489 e. The predicted molar refractivity (Wildman–Crippen MR) is 116 cm³/mol. The van der Waals surface area contributed by atoms with E-state index in [4.69, 9.17) is 18.7 Å². The lowest BCUT2D eigenvalue weighted by atomic mass is 10.0. The fourth-order valence-electron chi connectivity index (χ4n) is 3.35. The summed E-state index contributed by atoms with van der Waals surface area (Å²) in [4.78, 5) is 36.8. The first-order valence-electron chi connectivity index (χ1n) is 10.6. The van der Waals surface area contributed by atoms with E-state index in [1.165, 1.54) is 0 Å². The van der Waals surface area contributed by atoms with Crippen LogP contribution in [0.1, 0.15) is 47.6 Å². The smallest absolute Gasteiger partial charge is 0.338 e. The van der Waals surface area contributed by atoms with Crippen LogP contribution in [0, 0.1) is 13.8 Å². The number of esters is 2. The zero-order valence-corrected chi connectivity index (χ0v) is 19.0. The number of aryl methyl sites for hydroxylation is 2. The van der Waals surface area contributed by atoms with Gasteiger partial charge in [-0.1, -0.05) is 12.1 Å². The quantitative estimate of drug-likeness (QED) is 0.550. The molecule has 1 unspecified atom stereocenters. The number of benzene rings is 1. The maximum Gasteiger partial charge on any atom is 0.338 e. The average Bonchev–Trinajstić information content (AvgIpc) is 3.13. The number of nitrogens with one attached hydrogen (secondary N) is 2. The van der Waals surface area contributed by atoms with Crippen LogP contribution < -0.4 is 15.4 Å². The van der Waals surface area contributed by atoms with Gasteiger partial charge in [-0.15, -0.1) is 0 Å². The zero-order valence-electron chi connectivity index (χ0n) is 19.0. The van der Waals surface area contributed by atoms with E-state index in [0.29, 0.717) is 30.1 Å². The highest BCUT2D eigenvalue weighted by Crippen LogP contribution is 2.20. The maximum absolute atomic E-state index is 12.5. The van der Waals surface area contributed by atoms with Crippen LogP contribution in [0.3, 0.4) is 0 Å². The molecular weight excluding hydrogens is 430 g/mol. The van der Waals surface area contributed by atoms with Crippen molar-refractivity contribution in [1.29, 1.82) is 0 Å². The first kappa shape index (κ1) is 23.8. The highest BCUT2D eigenvalue weighted by molar-refractivity contribution is 5.95. The van der Waals surface area contributed by atoms with Crippen molar-refractivity contribution in [3.63, 3.8) is 0 Å². The fourth-order valence-corrected chi connectivity index (χ4v) is 3.35. The van der Waals surface area contributed by atoms with Crippen molar-refractivity contribution in [3.8, 4) is 5.75 Å². The lowest BCUT2D eigenvalue weighted by Gasteiger charge is -2.28. The summed E-state index contributed by atoms with van der Waals surface area (Å²) in [5.41, 5.74) is 2.38. The Balaban J connectivity index is 1.65. The van der Waals surface area contributed by atoms with Gasteiger partial charge in [0.15, 0.2) is 0 Å². The number of amides is 2. The minimum atomic E-state index is -0.608. The van der Waals surface area contributed by atoms with Gasteiger partial charge < -0.3 is 29.4 Å². The summed E-state index contributed by atoms with van der Waals surface area (Å²) in [6.45, 7) is 7.37. The van der Waals surface area contributed by atoms with E-state index >= 15 is 0 Å². The molecule has 1 aliphatic rings. The molecule has 0 aliphatic carbocycles. The van der Waals surface area contributed by atoms with Gasteiger partial charge in [-0.2, -0.15) is 0 Å². The zero-order chi connectivity index (χ0) is 24.0. The van der Waals surface area contributed by atoms with E-state index in [9.17, 15) is 14.4 Å². The number of hydrogen-bond donors (Lipinski definition) is 2. The van der Waals surface area contributed by atoms with Crippen molar-refractivity contribution in [2.75, 3.05) is 13.2 Å². The summed E-state index contributed by atoms with van der Waals surface area (Å²) in [7, 11) is 0. The molecule has 0 radical (unpaired) electrons. The second-order valence-electron chi connectivity index (χ2n) is 7.36. The Bertz CT molecular complexity index is 1040. The Morgan fingerprint density at radius 1 is 1.06 bits per heavy atom. The summed E-state index contributed by atoms with van der Waals surface area (Å²) in [5, 5.41) is 9.10. The van der Waals surface area contributed by atoms with E-state index in [2.05, 4.69) is 15.8 Å². The summed E-state index contributed by atoms with van der Waals surface area (Å²) in [6.07, 6.45) is 0.481. The molecule has 0 bridgehead atoms. The topological polar surface area (TPSA) is 129 Å². The Morgan fingerprint density at radius 2 is 1.79 bits per heavy atom. The summed E-state index contributed by atoms with van der Waals surface area (Å²) in [6, 6.07) is 5.44. The van der Waals surface area contributed by atoms with E-state index in [1.54, 1.807) is 31.2 Å². The molecule has 10 nitrogen and oxygen atoms in total. The fraction of sp³-hybridized carbons (Fsp3) is 0.391. The minimum absolute atomic E-state index is 0.185. The monoisotopic (exact) mass is 457 g/mol.